The number of aryl methyl sites for hydroxylation is 1. The van der Waals surface area contributed by atoms with Crippen LogP contribution in [0.3, 0.4) is 0 Å². The first kappa shape index (κ1) is 17.9. The lowest BCUT2D eigenvalue weighted by Gasteiger charge is -2.32. The van der Waals surface area contributed by atoms with Crippen molar-refractivity contribution in [1.82, 2.24) is 0 Å². The number of thiophene rings is 1. The Kier molecular flexibility index (Phi) is 4.69. The molecule has 0 saturated carbocycles. The zero-order chi connectivity index (χ0) is 18.9. The quantitative estimate of drug-likeness (QED) is 0.634. The number of esters is 1. The Balaban J connectivity index is 1.83. The summed E-state index contributed by atoms with van der Waals surface area (Å²) in [6, 6.07) is 8.43. The molecule has 1 aromatic heterocycles. The van der Waals surface area contributed by atoms with Gasteiger partial charge in [0.2, 0.25) is 0 Å². The summed E-state index contributed by atoms with van der Waals surface area (Å²) in [6.45, 7) is 5.06. The van der Waals surface area contributed by atoms with Crippen molar-refractivity contribution in [2.45, 2.75) is 26.4 Å². The summed E-state index contributed by atoms with van der Waals surface area (Å²) in [6.07, 6.45) is 0. The van der Waals surface area contributed by atoms with Crippen LogP contribution in [0.25, 0.3) is 0 Å². The van der Waals surface area contributed by atoms with Crippen molar-refractivity contribution in [3.63, 3.8) is 0 Å². The summed E-state index contributed by atoms with van der Waals surface area (Å²) in [5.41, 5.74) is -0.875. The van der Waals surface area contributed by atoms with Gasteiger partial charge in [0, 0.05) is 16.6 Å². The number of rotatable bonds is 4. The number of amides is 2. The summed E-state index contributed by atoms with van der Waals surface area (Å²) in [4.78, 5) is 38.3. The summed E-state index contributed by atoms with van der Waals surface area (Å²) in [5.74, 6) is -1.34. The summed E-state index contributed by atoms with van der Waals surface area (Å²) < 4.78 is 10.6. The van der Waals surface area contributed by atoms with Crippen molar-refractivity contribution < 1.29 is 23.9 Å². The van der Waals surface area contributed by atoms with Gasteiger partial charge in [0.15, 0.2) is 0 Å². The third kappa shape index (κ3) is 3.28. The summed E-state index contributed by atoms with van der Waals surface area (Å²) >= 11 is 1.39. The van der Waals surface area contributed by atoms with E-state index in [1.807, 2.05) is 13.0 Å². The highest BCUT2D eigenvalue weighted by molar-refractivity contribution is 7.14. The van der Waals surface area contributed by atoms with E-state index in [1.54, 1.807) is 31.2 Å². The average Bonchev–Trinajstić information content (AvgIpc) is 3.03. The molecule has 1 aromatic carbocycles. The minimum absolute atomic E-state index is 0.133. The van der Waals surface area contributed by atoms with Crippen LogP contribution in [0.4, 0.5) is 11.4 Å². The lowest BCUT2D eigenvalue weighted by molar-refractivity contribution is -0.165. The molecule has 2 aromatic rings. The molecule has 8 heteroatoms. The number of hydrogen-bond donors (Lipinski definition) is 2. The maximum absolute atomic E-state index is 12.3. The fraction of sp³-hybridized carbons (Fsp3) is 0.278. The standard InChI is InChI=1S/C18H18N2O5S/c1-4-24-17(23)18(3)16(22)20-12-7-6-11(9-13(12)25-18)19-15(21)14-8-5-10(2)26-14/h5-9H,4H2,1-3H3,(H,19,21)(H,20,22). The topological polar surface area (TPSA) is 93.7 Å². The lowest BCUT2D eigenvalue weighted by Crippen LogP contribution is -2.55. The highest BCUT2D eigenvalue weighted by Gasteiger charge is 2.48. The van der Waals surface area contributed by atoms with Gasteiger partial charge in [-0.3, -0.25) is 9.59 Å². The monoisotopic (exact) mass is 374 g/mol. The number of carbonyl (C=O) groups is 3. The maximum atomic E-state index is 12.3. The van der Waals surface area contributed by atoms with Crippen molar-refractivity contribution in [3.8, 4) is 5.75 Å². The van der Waals surface area contributed by atoms with Gasteiger partial charge in [0.05, 0.1) is 17.2 Å². The van der Waals surface area contributed by atoms with Crippen LogP contribution < -0.4 is 15.4 Å². The van der Waals surface area contributed by atoms with E-state index in [2.05, 4.69) is 10.6 Å². The van der Waals surface area contributed by atoms with E-state index in [0.717, 1.165) is 4.88 Å². The third-order valence-corrected chi connectivity index (χ3v) is 4.86. The van der Waals surface area contributed by atoms with Gasteiger partial charge in [-0.25, -0.2) is 4.79 Å². The van der Waals surface area contributed by atoms with Crippen LogP contribution in [-0.2, 0) is 14.3 Å². The van der Waals surface area contributed by atoms with Crippen LogP contribution in [0.1, 0.15) is 28.4 Å². The molecule has 136 valence electrons. The molecule has 2 amide bonds. The van der Waals surface area contributed by atoms with Crippen LogP contribution in [0.5, 0.6) is 5.75 Å². The van der Waals surface area contributed by atoms with E-state index in [-0.39, 0.29) is 18.3 Å². The molecule has 1 atom stereocenters. The minimum atomic E-state index is -1.78. The number of ether oxygens (including phenoxy) is 2. The molecule has 0 radical (unpaired) electrons. The third-order valence-electron chi connectivity index (χ3n) is 3.86. The molecular weight excluding hydrogens is 356 g/mol. The number of hydrogen-bond acceptors (Lipinski definition) is 6. The van der Waals surface area contributed by atoms with Gasteiger partial charge in [-0.2, -0.15) is 0 Å². The van der Waals surface area contributed by atoms with Crippen LogP contribution >= 0.6 is 11.3 Å². The van der Waals surface area contributed by atoms with Crippen molar-refractivity contribution in [3.05, 3.63) is 40.1 Å². The zero-order valence-corrected chi connectivity index (χ0v) is 15.4. The van der Waals surface area contributed by atoms with Crippen molar-refractivity contribution in [2.24, 2.45) is 0 Å². The summed E-state index contributed by atoms with van der Waals surface area (Å²) in [5, 5.41) is 5.41. The van der Waals surface area contributed by atoms with Crippen molar-refractivity contribution in [2.75, 3.05) is 17.2 Å². The van der Waals surface area contributed by atoms with Gasteiger partial charge in [-0.1, -0.05) is 0 Å². The Labute approximate surface area is 154 Å². The second-order valence-corrected chi connectivity index (χ2v) is 7.17. The maximum Gasteiger partial charge on any atom is 0.360 e. The van der Waals surface area contributed by atoms with E-state index in [9.17, 15) is 14.4 Å². The number of nitrogens with one attached hydrogen (secondary N) is 2. The Morgan fingerprint density at radius 1 is 1.31 bits per heavy atom. The number of fused-ring (bicyclic) bond motifs is 1. The van der Waals surface area contributed by atoms with E-state index in [1.165, 1.54) is 18.3 Å². The molecule has 0 saturated heterocycles. The molecule has 1 aliphatic rings. The normalized spacial score (nSPS) is 18.3. The molecule has 0 fully saturated rings. The summed E-state index contributed by atoms with van der Waals surface area (Å²) in [7, 11) is 0. The average molecular weight is 374 g/mol. The Morgan fingerprint density at radius 2 is 2.08 bits per heavy atom. The Hall–Kier alpha value is -2.87. The number of carbonyl (C=O) groups excluding carboxylic acids is 3. The smallest absolute Gasteiger partial charge is 0.360 e. The molecule has 2 heterocycles. The second kappa shape index (κ2) is 6.80. The van der Waals surface area contributed by atoms with Gasteiger partial charge in [-0.05, 0) is 45.0 Å². The molecular formula is C18H18N2O5S. The zero-order valence-electron chi connectivity index (χ0n) is 14.5. The molecule has 0 aliphatic carbocycles. The van der Waals surface area contributed by atoms with Crippen molar-refractivity contribution in [1.29, 1.82) is 0 Å². The number of anilines is 2. The molecule has 7 nitrogen and oxygen atoms in total. The van der Waals surface area contributed by atoms with Crippen LogP contribution in [0.15, 0.2) is 30.3 Å². The first-order valence-corrected chi connectivity index (χ1v) is 8.84. The molecule has 0 spiro atoms. The van der Waals surface area contributed by atoms with E-state index >= 15 is 0 Å². The number of benzene rings is 1. The highest BCUT2D eigenvalue weighted by atomic mass is 32.1. The molecule has 3 rings (SSSR count). The largest absolute Gasteiger partial charge is 0.464 e. The van der Waals surface area contributed by atoms with Crippen LogP contribution in [-0.4, -0.2) is 30.0 Å². The van der Waals surface area contributed by atoms with Gasteiger partial charge >= 0.3 is 5.97 Å². The van der Waals surface area contributed by atoms with Crippen LogP contribution in [0.2, 0.25) is 0 Å². The van der Waals surface area contributed by atoms with Crippen molar-refractivity contribution >= 4 is 40.5 Å². The molecule has 26 heavy (non-hydrogen) atoms. The second-order valence-electron chi connectivity index (χ2n) is 5.89. The molecule has 1 aliphatic heterocycles. The fourth-order valence-electron chi connectivity index (χ4n) is 2.45. The first-order chi connectivity index (χ1) is 12.3. The molecule has 2 N–H and O–H groups in total. The van der Waals surface area contributed by atoms with E-state index < -0.39 is 17.5 Å². The van der Waals surface area contributed by atoms with Gasteiger partial charge in [0.1, 0.15) is 5.75 Å². The predicted octanol–water partition coefficient (Wildman–Crippen LogP) is 2.96. The van der Waals surface area contributed by atoms with E-state index in [0.29, 0.717) is 16.3 Å². The van der Waals surface area contributed by atoms with Gasteiger partial charge in [0.25, 0.3) is 17.4 Å². The predicted molar refractivity (Wildman–Crippen MR) is 97.7 cm³/mol. The van der Waals surface area contributed by atoms with Crippen LogP contribution in [0, 0.1) is 6.92 Å². The first-order valence-electron chi connectivity index (χ1n) is 8.03. The minimum Gasteiger partial charge on any atom is -0.464 e. The Morgan fingerprint density at radius 3 is 2.73 bits per heavy atom. The highest BCUT2D eigenvalue weighted by Crippen LogP contribution is 2.36. The SMILES string of the molecule is CCOC(=O)C1(C)Oc2cc(NC(=O)c3ccc(C)s3)ccc2NC1=O. The molecule has 0 bridgehead atoms. The lowest BCUT2D eigenvalue weighted by atomic mass is 10.0. The molecule has 1 unspecified atom stereocenters. The van der Waals surface area contributed by atoms with Gasteiger partial charge < -0.3 is 20.1 Å². The van der Waals surface area contributed by atoms with Gasteiger partial charge in [-0.15, -0.1) is 11.3 Å². The Bertz CT molecular complexity index is 891. The van der Waals surface area contributed by atoms with E-state index in [4.69, 9.17) is 9.47 Å². The fourth-order valence-corrected chi connectivity index (χ4v) is 3.21.